The van der Waals surface area contributed by atoms with Crippen molar-refractivity contribution < 1.29 is 0 Å². The van der Waals surface area contributed by atoms with Crippen LogP contribution in [0.1, 0.15) is 57.4 Å². The number of nitrogens with one attached hydrogen (secondary N) is 1. The van der Waals surface area contributed by atoms with Crippen LogP contribution in [0, 0.1) is 0 Å². The molecule has 1 aromatic heterocycles. The van der Waals surface area contributed by atoms with Gasteiger partial charge in [-0.15, -0.1) is 11.3 Å². The van der Waals surface area contributed by atoms with Crippen LogP contribution < -0.4 is 5.32 Å². The summed E-state index contributed by atoms with van der Waals surface area (Å²) in [5, 5.41) is 4.80. The lowest BCUT2D eigenvalue weighted by atomic mass is 10.1. The van der Waals surface area contributed by atoms with Gasteiger partial charge in [-0.2, -0.15) is 0 Å². The highest BCUT2D eigenvalue weighted by Crippen LogP contribution is 2.21. The minimum Gasteiger partial charge on any atom is -0.308 e. The lowest BCUT2D eigenvalue weighted by Gasteiger charge is -2.12. The Morgan fingerprint density at radius 1 is 1.15 bits per heavy atom. The molecule has 3 heteroatoms. The van der Waals surface area contributed by atoms with E-state index in [0.717, 1.165) is 12.1 Å². The quantitative estimate of drug-likeness (QED) is 0.647. The minimum absolute atomic E-state index is 0.587. The highest BCUT2D eigenvalue weighted by Gasteiger charge is 2.05. The first kappa shape index (κ1) is 15.5. The molecule has 110 valence electrons. The largest absolute Gasteiger partial charge is 0.308 e. The van der Waals surface area contributed by atoms with E-state index in [4.69, 9.17) is 0 Å². The molecule has 0 amide bonds. The van der Waals surface area contributed by atoms with E-state index in [1.165, 1.54) is 48.2 Å². The fourth-order valence-corrected chi connectivity index (χ4v) is 3.33. The molecule has 1 N–H and O–H groups in total. The summed E-state index contributed by atoms with van der Waals surface area (Å²) in [6.45, 7) is 5.45. The zero-order chi connectivity index (χ0) is 14.2. The van der Waals surface area contributed by atoms with E-state index >= 15 is 0 Å². The van der Waals surface area contributed by atoms with Gasteiger partial charge in [0.15, 0.2) is 0 Å². The van der Waals surface area contributed by atoms with Crippen molar-refractivity contribution in [3.8, 4) is 0 Å². The van der Waals surface area contributed by atoms with Gasteiger partial charge in [-0.25, -0.2) is 4.98 Å². The molecule has 20 heavy (non-hydrogen) atoms. The van der Waals surface area contributed by atoms with Crippen molar-refractivity contribution in [1.29, 1.82) is 0 Å². The van der Waals surface area contributed by atoms with E-state index in [2.05, 4.69) is 48.4 Å². The molecule has 1 atom stereocenters. The van der Waals surface area contributed by atoms with E-state index in [0.29, 0.717) is 6.04 Å². The predicted octanol–water partition coefficient (Wildman–Crippen LogP) is 5.13. The Labute approximate surface area is 126 Å². The third kappa shape index (κ3) is 4.88. The fourth-order valence-electron chi connectivity index (χ4n) is 2.41. The normalized spacial score (nSPS) is 12.9. The van der Waals surface area contributed by atoms with Gasteiger partial charge in [-0.3, -0.25) is 0 Å². The van der Waals surface area contributed by atoms with Crippen LogP contribution in [-0.4, -0.2) is 11.0 Å². The average Bonchev–Trinajstić information content (AvgIpc) is 2.88. The number of hydrogen-bond donors (Lipinski definition) is 1. The van der Waals surface area contributed by atoms with Gasteiger partial charge in [0, 0.05) is 12.6 Å². The second-order valence-corrected chi connectivity index (χ2v) is 6.68. The van der Waals surface area contributed by atoms with Gasteiger partial charge in [0.2, 0.25) is 0 Å². The molecule has 0 bridgehead atoms. The highest BCUT2D eigenvalue weighted by molar-refractivity contribution is 7.18. The van der Waals surface area contributed by atoms with Gasteiger partial charge in [0.25, 0.3) is 0 Å². The monoisotopic (exact) mass is 290 g/mol. The smallest absolute Gasteiger partial charge is 0.108 e. The van der Waals surface area contributed by atoms with E-state index in [-0.39, 0.29) is 0 Å². The first-order valence-corrected chi connectivity index (χ1v) is 8.69. The molecule has 0 saturated heterocycles. The maximum atomic E-state index is 4.66. The van der Waals surface area contributed by atoms with Crippen molar-refractivity contribution in [2.45, 2.75) is 65.0 Å². The number of rotatable bonds is 9. The molecule has 0 aliphatic carbocycles. The molecule has 0 aliphatic rings. The van der Waals surface area contributed by atoms with Crippen molar-refractivity contribution in [3.63, 3.8) is 0 Å². The van der Waals surface area contributed by atoms with Crippen LogP contribution in [0.4, 0.5) is 0 Å². The first-order chi connectivity index (χ1) is 9.79. The van der Waals surface area contributed by atoms with Gasteiger partial charge in [-0.05, 0) is 25.5 Å². The van der Waals surface area contributed by atoms with E-state index in [1.54, 1.807) is 11.3 Å². The molecule has 2 rings (SSSR count). The maximum Gasteiger partial charge on any atom is 0.108 e. The second-order valence-electron chi connectivity index (χ2n) is 5.56. The first-order valence-electron chi connectivity index (χ1n) is 7.87. The molecule has 2 aromatic rings. The summed E-state index contributed by atoms with van der Waals surface area (Å²) in [5.74, 6) is 0. The van der Waals surface area contributed by atoms with Crippen LogP contribution in [0.2, 0.25) is 0 Å². The third-order valence-electron chi connectivity index (χ3n) is 3.68. The summed E-state index contributed by atoms with van der Waals surface area (Å²) < 4.78 is 1.29. The number of benzene rings is 1. The summed E-state index contributed by atoms with van der Waals surface area (Å²) in [4.78, 5) is 4.66. The Balaban J connectivity index is 1.69. The lowest BCUT2D eigenvalue weighted by Crippen LogP contribution is -2.25. The molecule has 0 spiro atoms. The Kier molecular flexibility index (Phi) is 6.48. The molecule has 1 aromatic carbocycles. The molecular formula is C17H26N2S. The number of hydrogen-bond acceptors (Lipinski definition) is 3. The maximum absolute atomic E-state index is 4.66. The molecule has 1 heterocycles. The van der Waals surface area contributed by atoms with Gasteiger partial charge in [0.1, 0.15) is 5.01 Å². The summed E-state index contributed by atoms with van der Waals surface area (Å²) in [5.41, 5.74) is 1.13. The van der Waals surface area contributed by atoms with Crippen LogP contribution in [0.25, 0.3) is 10.2 Å². The number of thiazole rings is 1. The minimum atomic E-state index is 0.587. The van der Waals surface area contributed by atoms with Crippen molar-refractivity contribution in [2.24, 2.45) is 0 Å². The lowest BCUT2D eigenvalue weighted by molar-refractivity contribution is 0.479. The van der Waals surface area contributed by atoms with Gasteiger partial charge < -0.3 is 5.32 Å². The predicted molar refractivity (Wildman–Crippen MR) is 89.3 cm³/mol. The molecular weight excluding hydrogens is 264 g/mol. The number of para-hydroxylation sites is 1. The van der Waals surface area contributed by atoms with Crippen LogP contribution >= 0.6 is 11.3 Å². The highest BCUT2D eigenvalue weighted by atomic mass is 32.1. The third-order valence-corrected chi connectivity index (χ3v) is 4.72. The standard InChI is InChI=1S/C17H26N2S/c1-3-4-5-6-7-10-14(2)18-13-17-19-15-11-8-9-12-16(15)20-17/h8-9,11-12,14,18H,3-7,10,13H2,1-2H3. The Hall–Kier alpha value is -0.930. The summed E-state index contributed by atoms with van der Waals surface area (Å²) in [6, 6.07) is 8.96. The molecule has 1 unspecified atom stereocenters. The van der Waals surface area contributed by atoms with Gasteiger partial charge >= 0.3 is 0 Å². The van der Waals surface area contributed by atoms with E-state index in [9.17, 15) is 0 Å². The van der Waals surface area contributed by atoms with Crippen LogP contribution in [-0.2, 0) is 6.54 Å². The Morgan fingerprint density at radius 3 is 2.75 bits per heavy atom. The molecule has 0 radical (unpaired) electrons. The zero-order valence-corrected chi connectivity index (χ0v) is 13.5. The van der Waals surface area contributed by atoms with Crippen LogP contribution in [0.5, 0.6) is 0 Å². The number of aromatic nitrogens is 1. The molecule has 2 nitrogen and oxygen atoms in total. The zero-order valence-electron chi connectivity index (χ0n) is 12.7. The van der Waals surface area contributed by atoms with Crippen LogP contribution in [0.3, 0.4) is 0 Å². The van der Waals surface area contributed by atoms with Crippen LogP contribution in [0.15, 0.2) is 24.3 Å². The Bertz CT molecular complexity index is 473. The summed E-state index contributed by atoms with van der Waals surface area (Å²) in [6.07, 6.45) is 8.09. The van der Waals surface area contributed by atoms with E-state index < -0.39 is 0 Å². The number of fused-ring (bicyclic) bond motifs is 1. The molecule has 0 aliphatic heterocycles. The number of unbranched alkanes of at least 4 members (excludes halogenated alkanes) is 4. The average molecular weight is 290 g/mol. The SMILES string of the molecule is CCCCCCCC(C)NCc1nc2ccccc2s1. The van der Waals surface area contributed by atoms with Crippen molar-refractivity contribution in [1.82, 2.24) is 10.3 Å². The summed E-state index contributed by atoms with van der Waals surface area (Å²) in [7, 11) is 0. The Morgan fingerprint density at radius 2 is 1.95 bits per heavy atom. The fraction of sp³-hybridized carbons (Fsp3) is 0.588. The molecule has 0 saturated carbocycles. The second kappa shape index (κ2) is 8.38. The summed E-state index contributed by atoms with van der Waals surface area (Å²) >= 11 is 1.80. The van der Waals surface area contributed by atoms with Gasteiger partial charge in [-0.1, -0.05) is 51.2 Å². The van der Waals surface area contributed by atoms with Crippen molar-refractivity contribution in [3.05, 3.63) is 29.3 Å². The van der Waals surface area contributed by atoms with E-state index in [1.807, 2.05) is 0 Å². The van der Waals surface area contributed by atoms with Crippen molar-refractivity contribution in [2.75, 3.05) is 0 Å². The molecule has 0 fully saturated rings. The van der Waals surface area contributed by atoms with Crippen molar-refractivity contribution >= 4 is 21.6 Å². The number of nitrogens with zero attached hydrogens (tertiary/aromatic N) is 1. The van der Waals surface area contributed by atoms with Gasteiger partial charge in [0.05, 0.1) is 10.2 Å². The topological polar surface area (TPSA) is 24.9 Å².